The molecule has 0 spiro atoms. The van der Waals surface area contributed by atoms with Crippen molar-refractivity contribution in [1.82, 2.24) is 20.1 Å². The van der Waals surface area contributed by atoms with Crippen LogP contribution in [0.15, 0.2) is 36.4 Å². The molecule has 39 heavy (non-hydrogen) atoms. The Morgan fingerprint density at radius 1 is 1.08 bits per heavy atom. The second-order valence-electron chi connectivity index (χ2n) is 8.51. The Balaban J connectivity index is 1.84. The van der Waals surface area contributed by atoms with Crippen LogP contribution in [0.5, 0.6) is 0 Å². The third kappa shape index (κ3) is 7.64. The Morgan fingerprint density at radius 3 is 2.36 bits per heavy atom. The van der Waals surface area contributed by atoms with E-state index in [0.29, 0.717) is 20.6 Å². The zero-order valence-corrected chi connectivity index (χ0v) is 23.6. The molecule has 2 N–H and O–H groups in total. The number of amides is 2. The lowest BCUT2D eigenvalue weighted by atomic mass is 10.0. The van der Waals surface area contributed by atoms with Gasteiger partial charge in [0.05, 0.1) is 17.7 Å². The van der Waals surface area contributed by atoms with Crippen molar-refractivity contribution < 1.29 is 35.9 Å². The first-order valence-electron chi connectivity index (χ1n) is 11.2. The number of alkyl halides is 6. The second kappa shape index (κ2) is 12.1. The number of thioether (sulfide) groups is 1. The number of aromatic nitrogens is 3. The molecule has 0 fully saturated rings. The highest BCUT2D eigenvalue weighted by molar-refractivity contribution is 14.1. The zero-order valence-electron chi connectivity index (χ0n) is 20.7. The Labute approximate surface area is 237 Å². The second-order valence-corrected chi connectivity index (χ2v) is 10.6. The van der Waals surface area contributed by atoms with Crippen molar-refractivity contribution in [3.8, 4) is 0 Å². The van der Waals surface area contributed by atoms with Crippen LogP contribution < -0.4 is 10.6 Å². The highest BCUT2D eigenvalue weighted by Gasteiger charge is 2.44. The number of benzene rings is 2. The quantitative estimate of drug-likeness (QED) is 0.224. The molecule has 0 unspecified atom stereocenters. The maximum absolute atomic E-state index is 13.3. The van der Waals surface area contributed by atoms with Crippen LogP contribution in [0.3, 0.4) is 0 Å². The first-order chi connectivity index (χ1) is 18.1. The summed E-state index contributed by atoms with van der Waals surface area (Å²) in [5.74, 6) is -3.99. The summed E-state index contributed by atoms with van der Waals surface area (Å²) < 4.78 is 79.2. The van der Waals surface area contributed by atoms with Crippen molar-refractivity contribution in [2.24, 2.45) is 0 Å². The maximum Gasteiger partial charge on any atom is 0.453 e. The summed E-state index contributed by atoms with van der Waals surface area (Å²) in [6.07, 6.45) is -8.39. The number of nitrogens with zero attached hydrogens (tertiary/aromatic N) is 3. The van der Waals surface area contributed by atoms with E-state index in [0.717, 1.165) is 0 Å². The molecule has 0 radical (unpaired) electrons. The summed E-state index contributed by atoms with van der Waals surface area (Å²) in [5, 5.41) is 8.55. The lowest BCUT2D eigenvalue weighted by Gasteiger charge is -2.17. The molecule has 3 rings (SSSR count). The normalized spacial score (nSPS) is 12.8. The minimum atomic E-state index is -5.15. The molecule has 2 amide bonds. The largest absolute Gasteiger partial charge is 0.453 e. The first kappa shape index (κ1) is 30.7. The van der Waals surface area contributed by atoms with Crippen LogP contribution in [0.1, 0.15) is 50.4 Å². The topological polar surface area (TPSA) is 88.9 Å². The van der Waals surface area contributed by atoms with Crippen molar-refractivity contribution >= 4 is 51.9 Å². The summed E-state index contributed by atoms with van der Waals surface area (Å²) in [6.45, 7) is 2.77. The average Bonchev–Trinajstić information content (AvgIpc) is 3.25. The van der Waals surface area contributed by atoms with Gasteiger partial charge >= 0.3 is 12.4 Å². The molecular formula is C24H22F6IN5O2S. The molecule has 0 aliphatic rings. The average molecular weight is 685 g/mol. The molecule has 0 bridgehead atoms. The number of hydrogen-bond donors (Lipinski definition) is 2. The van der Waals surface area contributed by atoms with Gasteiger partial charge in [0.25, 0.3) is 17.6 Å². The SMILES string of the molecule is CSC[C@H](C)NC(=O)c1c(I)cccc1C(=O)Nc1ccc(Cn2nc(C(F)(F)F)nc2C(F)(F)F)cc1C. The fraction of sp³-hybridized carbons (Fsp3) is 0.333. The van der Waals surface area contributed by atoms with E-state index < -0.39 is 42.4 Å². The van der Waals surface area contributed by atoms with Gasteiger partial charge in [-0.2, -0.15) is 43.1 Å². The van der Waals surface area contributed by atoms with Crippen molar-refractivity contribution in [2.75, 3.05) is 17.3 Å². The Kier molecular flexibility index (Phi) is 9.56. The van der Waals surface area contributed by atoms with E-state index in [4.69, 9.17) is 0 Å². The van der Waals surface area contributed by atoms with Crippen LogP contribution in [-0.4, -0.2) is 44.6 Å². The van der Waals surface area contributed by atoms with Crippen LogP contribution in [0, 0.1) is 10.5 Å². The summed E-state index contributed by atoms with van der Waals surface area (Å²) in [6, 6.07) is 8.85. The number of hydrogen-bond acceptors (Lipinski definition) is 5. The number of nitrogens with one attached hydrogen (secondary N) is 2. The molecule has 1 heterocycles. The summed E-state index contributed by atoms with van der Waals surface area (Å²) in [5.41, 5.74) is 1.25. The minimum absolute atomic E-state index is 0.122. The Morgan fingerprint density at radius 2 is 1.77 bits per heavy atom. The Bertz CT molecular complexity index is 1380. The first-order valence-corrected chi connectivity index (χ1v) is 13.7. The van der Waals surface area contributed by atoms with Gasteiger partial charge in [0, 0.05) is 21.1 Å². The third-order valence-electron chi connectivity index (χ3n) is 5.33. The number of carbonyl (C=O) groups is 2. The molecule has 2 aromatic carbocycles. The molecule has 0 saturated carbocycles. The monoisotopic (exact) mass is 685 g/mol. The van der Waals surface area contributed by atoms with E-state index >= 15 is 0 Å². The molecule has 0 aliphatic carbocycles. The fourth-order valence-electron chi connectivity index (χ4n) is 3.64. The minimum Gasteiger partial charge on any atom is -0.349 e. The van der Waals surface area contributed by atoms with Crippen LogP contribution in [0.25, 0.3) is 0 Å². The third-order valence-corrected chi connectivity index (χ3v) is 7.06. The van der Waals surface area contributed by atoms with Crippen LogP contribution in [-0.2, 0) is 18.9 Å². The molecule has 0 aliphatic heterocycles. The van der Waals surface area contributed by atoms with Gasteiger partial charge in [0.1, 0.15) is 0 Å². The van der Waals surface area contributed by atoms with Gasteiger partial charge in [0.2, 0.25) is 5.82 Å². The van der Waals surface area contributed by atoms with Gasteiger partial charge in [-0.3, -0.25) is 9.59 Å². The van der Waals surface area contributed by atoms with E-state index in [1.807, 2.05) is 35.8 Å². The van der Waals surface area contributed by atoms with Gasteiger partial charge in [-0.1, -0.05) is 18.2 Å². The number of halogens is 7. The van der Waals surface area contributed by atoms with Crippen molar-refractivity contribution in [1.29, 1.82) is 0 Å². The number of carbonyl (C=O) groups excluding carboxylic acids is 2. The standard InChI is InChI=1S/C24H22F6IN5O2S/c1-12-9-14(10-36-22(24(28,29)30)34-21(35-36)23(25,26)27)7-8-17(12)33-19(37)15-5-4-6-16(31)18(15)20(38)32-13(2)11-39-3/h4-9,13H,10-11H2,1-3H3,(H,32,38)(H,33,37)/t13-/m0/s1. The predicted molar refractivity (Wildman–Crippen MR) is 143 cm³/mol. The summed E-state index contributed by atoms with van der Waals surface area (Å²) >= 11 is 3.52. The molecule has 3 aromatic rings. The Hall–Kier alpha value is -2.82. The van der Waals surface area contributed by atoms with E-state index in [-0.39, 0.29) is 27.4 Å². The highest BCUT2D eigenvalue weighted by Crippen LogP contribution is 2.33. The smallest absolute Gasteiger partial charge is 0.349 e. The van der Waals surface area contributed by atoms with E-state index in [2.05, 4.69) is 20.7 Å². The molecule has 7 nitrogen and oxygen atoms in total. The van der Waals surface area contributed by atoms with Crippen molar-refractivity contribution in [3.63, 3.8) is 0 Å². The van der Waals surface area contributed by atoms with Crippen LogP contribution >= 0.6 is 34.4 Å². The summed E-state index contributed by atoms with van der Waals surface area (Å²) in [4.78, 5) is 28.7. The zero-order chi connectivity index (χ0) is 29.1. The predicted octanol–water partition coefficient (Wildman–Crippen LogP) is 6.01. The van der Waals surface area contributed by atoms with Gasteiger partial charge in [-0.15, -0.1) is 5.10 Å². The van der Waals surface area contributed by atoms with Crippen molar-refractivity contribution in [3.05, 3.63) is 73.9 Å². The number of aryl methyl sites for hydroxylation is 1. The van der Waals surface area contributed by atoms with Gasteiger partial charge in [-0.25, -0.2) is 4.68 Å². The lowest BCUT2D eigenvalue weighted by Crippen LogP contribution is -2.36. The van der Waals surface area contributed by atoms with Gasteiger partial charge in [0.15, 0.2) is 0 Å². The number of anilines is 1. The van der Waals surface area contributed by atoms with E-state index in [1.165, 1.54) is 24.3 Å². The van der Waals surface area contributed by atoms with Crippen LogP contribution in [0.2, 0.25) is 0 Å². The van der Waals surface area contributed by atoms with E-state index in [1.54, 1.807) is 30.8 Å². The fourth-order valence-corrected chi connectivity index (χ4v) is 4.97. The lowest BCUT2D eigenvalue weighted by molar-refractivity contribution is -0.150. The molecule has 1 atom stereocenters. The molecule has 1 aromatic heterocycles. The molecule has 210 valence electrons. The molecule has 0 saturated heterocycles. The highest BCUT2D eigenvalue weighted by atomic mass is 127. The van der Waals surface area contributed by atoms with E-state index in [9.17, 15) is 35.9 Å². The molecular weight excluding hydrogens is 663 g/mol. The number of rotatable bonds is 8. The van der Waals surface area contributed by atoms with Crippen molar-refractivity contribution in [2.45, 2.75) is 38.8 Å². The van der Waals surface area contributed by atoms with Gasteiger partial charge in [-0.05, 0) is 72.0 Å². The summed E-state index contributed by atoms with van der Waals surface area (Å²) in [7, 11) is 0. The van der Waals surface area contributed by atoms with Gasteiger partial charge < -0.3 is 10.6 Å². The van der Waals surface area contributed by atoms with Crippen LogP contribution in [0.4, 0.5) is 32.0 Å². The maximum atomic E-state index is 13.3. The molecule has 15 heteroatoms.